The van der Waals surface area contributed by atoms with Gasteiger partial charge in [0.1, 0.15) is 21.8 Å². The maximum atomic E-state index is 13.5. The van der Waals surface area contributed by atoms with E-state index in [1.54, 1.807) is 22.9 Å². The minimum atomic E-state index is -0.388. The van der Waals surface area contributed by atoms with Gasteiger partial charge < -0.3 is 14.4 Å². The summed E-state index contributed by atoms with van der Waals surface area (Å²) in [5.74, 6) is -0.162. The smallest absolute Gasteiger partial charge is 0.171 e. The van der Waals surface area contributed by atoms with Crippen molar-refractivity contribution < 1.29 is 19.0 Å². The molecule has 0 saturated heterocycles. The molecule has 4 rings (SSSR count). The number of nitrogens with zero attached hydrogens (tertiary/aromatic N) is 2. The molecule has 0 bridgehead atoms. The summed E-state index contributed by atoms with van der Waals surface area (Å²) in [5.41, 5.74) is 1.89. The molecule has 7 heteroatoms. The van der Waals surface area contributed by atoms with Crippen molar-refractivity contribution >= 4 is 32.7 Å². The van der Waals surface area contributed by atoms with Gasteiger partial charge in [-0.25, -0.2) is 9.37 Å². The lowest BCUT2D eigenvalue weighted by atomic mass is 9.90. The van der Waals surface area contributed by atoms with Crippen LogP contribution in [0.2, 0.25) is 0 Å². The van der Waals surface area contributed by atoms with Crippen molar-refractivity contribution in [3.8, 4) is 5.75 Å². The molecule has 26 heavy (non-hydrogen) atoms. The van der Waals surface area contributed by atoms with Gasteiger partial charge in [-0.1, -0.05) is 0 Å². The van der Waals surface area contributed by atoms with Crippen LogP contribution in [0, 0.1) is 11.7 Å². The van der Waals surface area contributed by atoms with E-state index in [4.69, 9.17) is 4.74 Å². The Bertz CT molecular complexity index is 1000. The monoisotopic (exact) mass is 418 g/mol. The number of pyridine rings is 1. The van der Waals surface area contributed by atoms with E-state index in [1.165, 1.54) is 12.1 Å². The Morgan fingerprint density at radius 2 is 2.23 bits per heavy atom. The van der Waals surface area contributed by atoms with E-state index in [9.17, 15) is 14.3 Å². The average Bonchev–Trinajstić information content (AvgIpc) is 2.98. The van der Waals surface area contributed by atoms with Gasteiger partial charge in [0.05, 0.1) is 19.1 Å². The molecule has 2 aromatic heterocycles. The predicted octanol–water partition coefficient (Wildman–Crippen LogP) is 3.36. The van der Waals surface area contributed by atoms with Crippen LogP contribution in [0.4, 0.5) is 4.39 Å². The fourth-order valence-corrected chi connectivity index (χ4v) is 3.67. The van der Waals surface area contributed by atoms with Gasteiger partial charge in [0, 0.05) is 23.7 Å². The summed E-state index contributed by atoms with van der Waals surface area (Å²) < 4.78 is 21.6. The lowest BCUT2D eigenvalue weighted by molar-refractivity contribution is 0.0856. The summed E-state index contributed by atoms with van der Waals surface area (Å²) in [6.07, 6.45) is 2.16. The van der Waals surface area contributed by atoms with Crippen molar-refractivity contribution in [3.63, 3.8) is 0 Å². The number of aromatic nitrogens is 2. The molecule has 0 fully saturated rings. The average molecular weight is 419 g/mol. The van der Waals surface area contributed by atoms with Gasteiger partial charge in [-0.3, -0.25) is 4.79 Å². The van der Waals surface area contributed by atoms with E-state index < -0.39 is 0 Å². The summed E-state index contributed by atoms with van der Waals surface area (Å²) >= 11 is 3.34. The molecule has 0 saturated carbocycles. The molecule has 134 valence electrons. The second-order valence-electron chi connectivity index (χ2n) is 6.29. The minimum absolute atomic E-state index is 0.0508. The van der Waals surface area contributed by atoms with Crippen molar-refractivity contribution in [2.75, 3.05) is 13.2 Å². The Morgan fingerprint density at radius 1 is 1.38 bits per heavy atom. The second kappa shape index (κ2) is 6.81. The van der Waals surface area contributed by atoms with E-state index in [0.717, 1.165) is 5.39 Å². The van der Waals surface area contributed by atoms with E-state index in [0.29, 0.717) is 40.1 Å². The van der Waals surface area contributed by atoms with Crippen LogP contribution in [-0.4, -0.2) is 33.7 Å². The standard InChI is InChI=1S/C19H16BrFN2O3/c20-17-4-2-14-15(9-23(5-6-24)19(14)22-17)18(25)12-7-11-8-13(21)1-3-16(11)26-10-12/h1-4,8-9,12,24H,5-7,10H2. The number of fused-ring (bicyclic) bond motifs is 2. The minimum Gasteiger partial charge on any atom is -0.493 e. The van der Waals surface area contributed by atoms with Crippen LogP contribution in [0.25, 0.3) is 11.0 Å². The number of carbonyl (C=O) groups is 1. The van der Waals surface area contributed by atoms with Crippen molar-refractivity contribution in [1.82, 2.24) is 9.55 Å². The highest BCUT2D eigenvalue weighted by Crippen LogP contribution is 2.31. The van der Waals surface area contributed by atoms with Crippen LogP contribution in [0.5, 0.6) is 5.75 Å². The van der Waals surface area contributed by atoms with Crippen LogP contribution in [0.3, 0.4) is 0 Å². The van der Waals surface area contributed by atoms with Gasteiger partial charge >= 0.3 is 0 Å². The third-order valence-corrected chi connectivity index (χ3v) is 5.04. The van der Waals surface area contributed by atoms with E-state index in [2.05, 4.69) is 20.9 Å². The number of hydrogen-bond acceptors (Lipinski definition) is 4. The topological polar surface area (TPSA) is 64.4 Å². The molecule has 0 amide bonds. The van der Waals surface area contributed by atoms with E-state index >= 15 is 0 Å². The van der Waals surface area contributed by atoms with E-state index in [1.807, 2.05) is 6.07 Å². The highest BCUT2D eigenvalue weighted by molar-refractivity contribution is 9.10. The van der Waals surface area contributed by atoms with Gasteiger partial charge in [-0.05, 0) is 58.2 Å². The number of carbonyl (C=O) groups excluding carboxylic acids is 1. The van der Waals surface area contributed by atoms with Gasteiger partial charge in [0.15, 0.2) is 5.78 Å². The van der Waals surface area contributed by atoms with Gasteiger partial charge in [-0.2, -0.15) is 0 Å². The van der Waals surface area contributed by atoms with E-state index in [-0.39, 0.29) is 30.7 Å². The molecule has 3 heterocycles. The van der Waals surface area contributed by atoms with Crippen LogP contribution in [0.1, 0.15) is 15.9 Å². The molecule has 1 aromatic carbocycles. The Balaban J connectivity index is 1.70. The predicted molar refractivity (Wildman–Crippen MR) is 97.9 cm³/mol. The summed E-state index contributed by atoms with van der Waals surface area (Å²) in [5, 5.41) is 10.0. The molecular formula is C19H16BrFN2O3. The van der Waals surface area contributed by atoms with Crippen molar-refractivity contribution in [2.45, 2.75) is 13.0 Å². The largest absolute Gasteiger partial charge is 0.493 e. The first-order chi connectivity index (χ1) is 12.6. The maximum Gasteiger partial charge on any atom is 0.171 e. The number of ether oxygens (including phenoxy) is 1. The number of benzene rings is 1. The maximum absolute atomic E-state index is 13.5. The third kappa shape index (κ3) is 3.01. The Hall–Kier alpha value is -2.25. The number of Topliss-reactive ketones (excluding diaryl/α,β-unsaturated/α-hetero) is 1. The zero-order valence-corrected chi connectivity index (χ0v) is 15.4. The second-order valence-corrected chi connectivity index (χ2v) is 7.11. The molecule has 0 radical (unpaired) electrons. The zero-order chi connectivity index (χ0) is 18.3. The number of ketones is 1. The molecule has 1 N–H and O–H groups in total. The summed E-state index contributed by atoms with van der Waals surface area (Å²) in [6, 6.07) is 7.99. The normalized spacial score (nSPS) is 16.3. The van der Waals surface area contributed by atoms with Crippen molar-refractivity contribution in [1.29, 1.82) is 0 Å². The Kier molecular flexibility index (Phi) is 4.50. The lowest BCUT2D eigenvalue weighted by Crippen LogP contribution is -2.28. The number of hydrogen-bond donors (Lipinski definition) is 1. The van der Waals surface area contributed by atoms with Crippen LogP contribution >= 0.6 is 15.9 Å². The highest BCUT2D eigenvalue weighted by atomic mass is 79.9. The quantitative estimate of drug-likeness (QED) is 0.521. The van der Waals surface area contributed by atoms with Crippen molar-refractivity contribution in [3.05, 3.63) is 58.1 Å². The Morgan fingerprint density at radius 3 is 3.04 bits per heavy atom. The number of aliphatic hydroxyl groups excluding tert-OH is 1. The van der Waals surface area contributed by atoms with Gasteiger partial charge in [0.2, 0.25) is 0 Å². The molecule has 0 spiro atoms. The van der Waals surface area contributed by atoms with Crippen LogP contribution < -0.4 is 4.74 Å². The number of aliphatic hydroxyl groups is 1. The fraction of sp³-hybridized carbons (Fsp3) is 0.263. The molecule has 1 aliphatic rings. The summed E-state index contributed by atoms with van der Waals surface area (Å²) in [4.78, 5) is 17.5. The lowest BCUT2D eigenvalue weighted by Gasteiger charge is -2.24. The first-order valence-corrected chi connectivity index (χ1v) is 9.08. The SMILES string of the molecule is O=C(c1cn(CCO)c2nc(Br)ccc12)C1COc2ccc(F)cc2C1. The molecule has 3 aromatic rings. The molecule has 1 atom stereocenters. The molecule has 0 aliphatic carbocycles. The number of rotatable bonds is 4. The van der Waals surface area contributed by atoms with Crippen molar-refractivity contribution in [2.24, 2.45) is 5.92 Å². The first-order valence-electron chi connectivity index (χ1n) is 8.28. The van der Waals surface area contributed by atoms with Gasteiger partial charge in [-0.15, -0.1) is 0 Å². The van der Waals surface area contributed by atoms with Crippen LogP contribution in [-0.2, 0) is 13.0 Å². The highest BCUT2D eigenvalue weighted by Gasteiger charge is 2.29. The third-order valence-electron chi connectivity index (χ3n) is 4.59. The Labute approximate surface area is 157 Å². The summed E-state index contributed by atoms with van der Waals surface area (Å²) in [6.45, 7) is 0.557. The molecule has 5 nitrogen and oxygen atoms in total. The molecule has 1 aliphatic heterocycles. The van der Waals surface area contributed by atoms with Gasteiger partial charge in [0.25, 0.3) is 0 Å². The summed E-state index contributed by atoms with van der Waals surface area (Å²) in [7, 11) is 0. The fourth-order valence-electron chi connectivity index (χ4n) is 3.37. The molecule has 1 unspecified atom stereocenters. The zero-order valence-electron chi connectivity index (χ0n) is 13.8. The molecular weight excluding hydrogens is 403 g/mol. The van der Waals surface area contributed by atoms with Crippen LogP contribution in [0.15, 0.2) is 41.1 Å². The first kappa shape index (κ1) is 17.2. The number of halogens is 2.